The summed E-state index contributed by atoms with van der Waals surface area (Å²) in [7, 11) is 0. The Morgan fingerprint density at radius 3 is 1.58 bits per heavy atom. The van der Waals surface area contributed by atoms with Gasteiger partial charge in [0, 0.05) is 5.57 Å². The Kier molecular flexibility index (Phi) is 1.74. The van der Waals surface area contributed by atoms with Crippen LogP contribution in [-0.4, -0.2) is 18.0 Å². The third kappa shape index (κ3) is 0.820. The van der Waals surface area contributed by atoms with E-state index in [1.165, 1.54) is 0 Å². The van der Waals surface area contributed by atoms with Crippen LogP contribution in [-0.2, 0) is 0 Å². The van der Waals surface area contributed by atoms with Crippen LogP contribution in [0.2, 0.25) is 0 Å². The summed E-state index contributed by atoms with van der Waals surface area (Å²) in [6.45, 7) is 1.78. The quantitative estimate of drug-likeness (QED) is 0.403. The SMILES string of the molecule is CC1=C(C)C(F)(F)C(F)(F)C1F. The molecule has 1 atom stereocenters. The third-order valence-corrected chi connectivity index (χ3v) is 2.18. The molecule has 0 nitrogen and oxygen atoms in total. The molecule has 70 valence electrons. The number of halogens is 5. The minimum atomic E-state index is -4.58. The third-order valence-electron chi connectivity index (χ3n) is 2.18. The molecule has 0 N–H and O–H groups in total. The van der Waals surface area contributed by atoms with E-state index in [-0.39, 0.29) is 0 Å². The zero-order valence-electron chi connectivity index (χ0n) is 6.47. The molecule has 0 aromatic carbocycles. The average Bonchev–Trinajstić information content (AvgIpc) is 2.05. The fraction of sp³-hybridized carbons (Fsp3) is 0.714. The van der Waals surface area contributed by atoms with Crippen molar-refractivity contribution in [3.05, 3.63) is 11.1 Å². The standard InChI is InChI=1S/C7H7F5/c1-3-4(2)6(9,10)7(11,12)5(3)8/h5H,1-2H3. The Balaban J connectivity index is 3.22. The lowest BCUT2D eigenvalue weighted by molar-refractivity contribution is -0.197. The molecule has 1 aliphatic carbocycles. The summed E-state index contributed by atoms with van der Waals surface area (Å²) in [4.78, 5) is 0. The van der Waals surface area contributed by atoms with Crippen molar-refractivity contribution >= 4 is 0 Å². The van der Waals surface area contributed by atoms with Gasteiger partial charge in [-0.2, -0.15) is 17.6 Å². The van der Waals surface area contributed by atoms with Gasteiger partial charge in [-0.05, 0) is 19.4 Å². The first-order chi connectivity index (χ1) is 5.23. The molecule has 0 radical (unpaired) electrons. The maximum Gasteiger partial charge on any atom is 0.348 e. The zero-order valence-corrected chi connectivity index (χ0v) is 6.47. The first-order valence-corrected chi connectivity index (χ1v) is 3.30. The van der Waals surface area contributed by atoms with Crippen LogP contribution in [0.15, 0.2) is 11.1 Å². The van der Waals surface area contributed by atoms with Crippen molar-refractivity contribution in [2.45, 2.75) is 31.9 Å². The van der Waals surface area contributed by atoms with Crippen molar-refractivity contribution in [3.63, 3.8) is 0 Å². The molecule has 0 saturated heterocycles. The van der Waals surface area contributed by atoms with Crippen molar-refractivity contribution < 1.29 is 22.0 Å². The van der Waals surface area contributed by atoms with Gasteiger partial charge >= 0.3 is 11.8 Å². The van der Waals surface area contributed by atoms with Crippen LogP contribution in [0, 0.1) is 0 Å². The number of hydrogen-bond acceptors (Lipinski definition) is 0. The van der Waals surface area contributed by atoms with Gasteiger partial charge < -0.3 is 0 Å². The van der Waals surface area contributed by atoms with E-state index < -0.39 is 29.2 Å². The maximum absolute atomic E-state index is 12.6. The smallest absolute Gasteiger partial charge is 0.236 e. The number of hydrogen-bond donors (Lipinski definition) is 0. The molecule has 0 aromatic heterocycles. The van der Waals surface area contributed by atoms with Gasteiger partial charge in [0.15, 0.2) is 6.17 Å². The molecule has 0 aliphatic heterocycles. The topological polar surface area (TPSA) is 0 Å². The van der Waals surface area contributed by atoms with Gasteiger partial charge in [0.25, 0.3) is 0 Å². The van der Waals surface area contributed by atoms with Crippen molar-refractivity contribution in [3.8, 4) is 0 Å². The van der Waals surface area contributed by atoms with Crippen molar-refractivity contribution in [1.82, 2.24) is 0 Å². The molecule has 1 rings (SSSR count). The molecule has 0 fully saturated rings. The number of rotatable bonds is 0. The van der Waals surface area contributed by atoms with Gasteiger partial charge in [-0.25, -0.2) is 4.39 Å². The first-order valence-electron chi connectivity index (χ1n) is 3.30. The Bertz CT molecular complexity index is 240. The normalized spacial score (nSPS) is 32.8. The minimum absolute atomic E-state index is 0.565. The molecule has 1 unspecified atom stereocenters. The summed E-state index contributed by atoms with van der Waals surface area (Å²) in [5.41, 5.74) is -1.43. The summed E-state index contributed by atoms with van der Waals surface area (Å²) in [6, 6.07) is 0. The summed E-state index contributed by atoms with van der Waals surface area (Å²) < 4.78 is 62.6. The highest BCUT2D eigenvalue weighted by Gasteiger charge is 2.68. The Hall–Kier alpha value is -0.610. The van der Waals surface area contributed by atoms with Gasteiger partial charge in [0.1, 0.15) is 0 Å². The minimum Gasteiger partial charge on any atom is -0.236 e. The Labute approximate surface area is 66.1 Å². The molecule has 0 amide bonds. The van der Waals surface area contributed by atoms with Crippen molar-refractivity contribution in [2.24, 2.45) is 0 Å². The fourth-order valence-electron chi connectivity index (χ4n) is 1.12. The average molecular weight is 186 g/mol. The fourth-order valence-corrected chi connectivity index (χ4v) is 1.12. The van der Waals surface area contributed by atoms with Crippen LogP contribution >= 0.6 is 0 Å². The van der Waals surface area contributed by atoms with Crippen LogP contribution in [0.4, 0.5) is 22.0 Å². The summed E-state index contributed by atoms with van der Waals surface area (Å²) in [6.07, 6.45) is -2.85. The largest absolute Gasteiger partial charge is 0.348 e. The molecule has 1 aliphatic rings. The van der Waals surface area contributed by atoms with Gasteiger partial charge in [-0.15, -0.1) is 0 Å². The van der Waals surface area contributed by atoms with E-state index in [2.05, 4.69) is 0 Å². The number of alkyl halides is 5. The highest BCUT2D eigenvalue weighted by atomic mass is 19.3. The maximum atomic E-state index is 12.6. The second kappa shape index (κ2) is 2.20. The second-order valence-electron chi connectivity index (χ2n) is 2.87. The van der Waals surface area contributed by atoms with Crippen LogP contribution in [0.25, 0.3) is 0 Å². The summed E-state index contributed by atoms with van der Waals surface area (Å²) in [5, 5.41) is 0. The molecule has 0 aromatic rings. The molecule has 0 saturated carbocycles. The van der Waals surface area contributed by atoms with Gasteiger partial charge in [-0.1, -0.05) is 0 Å². The van der Waals surface area contributed by atoms with E-state index in [0.29, 0.717) is 0 Å². The molecular formula is C7H7F5. The summed E-state index contributed by atoms with van der Waals surface area (Å²) in [5.74, 6) is -8.92. The van der Waals surface area contributed by atoms with Gasteiger partial charge in [0.2, 0.25) is 0 Å². The summed E-state index contributed by atoms with van der Waals surface area (Å²) >= 11 is 0. The predicted molar refractivity (Wildman–Crippen MR) is 33.2 cm³/mol. The van der Waals surface area contributed by atoms with E-state index in [1.54, 1.807) is 0 Å². The van der Waals surface area contributed by atoms with Gasteiger partial charge in [0.05, 0.1) is 0 Å². The van der Waals surface area contributed by atoms with E-state index in [0.717, 1.165) is 13.8 Å². The molecule has 0 heterocycles. The van der Waals surface area contributed by atoms with Crippen LogP contribution in [0.3, 0.4) is 0 Å². The van der Waals surface area contributed by atoms with Crippen LogP contribution < -0.4 is 0 Å². The second-order valence-corrected chi connectivity index (χ2v) is 2.87. The predicted octanol–water partition coefficient (Wildman–Crippen LogP) is 2.95. The van der Waals surface area contributed by atoms with Crippen LogP contribution in [0.1, 0.15) is 13.8 Å². The Morgan fingerprint density at radius 2 is 1.50 bits per heavy atom. The Morgan fingerprint density at radius 1 is 1.08 bits per heavy atom. The van der Waals surface area contributed by atoms with E-state index in [4.69, 9.17) is 0 Å². The molecule has 0 spiro atoms. The van der Waals surface area contributed by atoms with Gasteiger partial charge in [-0.3, -0.25) is 0 Å². The highest BCUT2D eigenvalue weighted by molar-refractivity contribution is 5.34. The lowest BCUT2D eigenvalue weighted by atomic mass is 10.1. The monoisotopic (exact) mass is 186 g/mol. The lowest BCUT2D eigenvalue weighted by Crippen LogP contribution is -2.42. The molecule has 12 heavy (non-hydrogen) atoms. The molecular weight excluding hydrogens is 179 g/mol. The molecule has 0 bridgehead atoms. The van der Waals surface area contributed by atoms with E-state index in [9.17, 15) is 22.0 Å². The van der Waals surface area contributed by atoms with Crippen molar-refractivity contribution in [1.29, 1.82) is 0 Å². The van der Waals surface area contributed by atoms with Crippen molar-refractivity contribution in [2.75, 3.05) is 0 Å². The highest BCUT2D eigenvalue weighted by Crippen LogP contribution is 2.51. The van der Waals surface area contributed by atoms with E-state index in [1.807, 2.05) is 0 Å². The molecule has 5 heteroatoms. The first kappa shape index (κ1) is 9.48. The number of allylic oxidation sites excluding steroid dienone is 2. The van der Waals surface area contributed by atoms with E-state index >= 15 is 0 Å². The lowest BCUT2D eigenvalue weighted by Gasteiger charge is -2.21. The van der Waals surface area contributed by atoms with Crippen LogP contribution in [0.5, 0.6) is 0 Å². The zero-order chi connectivity index (χ0) is 9.73.